The fourth-order valence-corrected chi connectivity index (χ4v) is 2.03. The lowest BCUT2D eigenvalue weighted by molar-refractivity contribution is 0.193. The summed E-state index contributed by atoms with van der Waals surface area (Å²) in [4.78, 5) is 15.4. The van der Waals surface area contributed by atoms with Crippen LogP contribution in [0.1, 0.15) is 26.7 Å². The minimum absolute atomic E-state index is 0.175. The van der Waals surface area contributed by atoms with Crippen LogP contribution in [0.15, 0.2) is 0 Å². The van der Waals surface area contributed by atoms with Gasteiger partial charge in [0.15, 0.2) is 0 Å². The number of urea groups is 1. The zero-order valence-corrected chi connectivity index (χ0v) is 10.1. The molecule has 1 unspecified atom stereocenters. The highest BCUT2D eigenvalue weighted by molar-refractivity contribution is 5.76. The predicted molar refractivity (Wildman–Crippen MR) is 62.0 cm³/mol. The Hall–Kier alpha value is -0.770. The molecule has 0 saturated carbocycles. The number of nitrogens with zero attached hydrogens (tertiary/aromatic N) is 2. The highest BCUT2D eigenvalue weighted by Gasteiger charge is 2.26. The first-order valence-electron chi connectivity index (χ1n) is 5.92. The van der Waals surface area contributed by atoms with Gasteiger partial charge in [0.25, 0.3) is 0 Å². The first kappa shape index (κ1) is 12.3. The molecule has 0 aromatic rings. The van der Waals surface area contributed by atoms with Crippen LogP contribution in [0, 0.1) is 0 Å². The Morgan fingerprint density at radius 1 is 1.40 bits per heavy atom. The quantitative estimate of drug-likeness (QED) is 0.718. The van der Waals surface area contributed by atoms with Crippen molar-refractivity contribution in [3.63, 3.8) is 0 Å². The molecule has 1 rings (SSSR count). The van der Waals surface area contributed by atoms with Gasteiger partial charge in [-0.3, -0.25) is 0 Å². The van der Waals surface area contributed by atoms with Crippen LogP contribution in [0.4, 0.5) is 4.79 Å². The average molecular weight is 213 g/mol. The molecule has 0 radical (unpaired) electrons. The van der Waals surface area contributed by atoms with E-state index >= 15 is 0 Å². The Labute approximate surface area is 92.6 Å². The van der Waals surface area contributed by atoms with Crippen molar-refractivity contribution in [2.24, 2.45) is 0 Å². The molecule has 1 N–H and O–H groups in total. The third-order valence-corrected chi connectivity index (χ3v) is 2.87. The van der Waals surface area contributed by atoms with Crippen LogP contribution in [-0.4, -0.2) is 55.1 Å². The molecule has 0 bridgehead atoms. The molecule has 1 saturated heterocycles. The molecule has 88 valence electrons. The smallest absolute Gasteiger partial charge is 0.319 e. The van der Waals surface area contributed by atoms with Crippen molar-refractivity contribution in [3.05, 3.63) is 0 Å². The van der Waals surface area contributed by atoms with Crippen molar-refractivity contribution >= 4 is 6.03 Å². The van der Waals surface area contributed by atoms with Gasteiger partial charge in [0.05, 0.1) is 0 Å². The van der Waals surface area contributed by atoms with E-state index in [-0.39, 0.29) is 6.03 Å². The molecule has 1 atom stereocenters. The summed E-state index contributed by atoms with van der Waals surface area (Å²) in [6.45, 7) is 7.86. The number of hydrogen-bond acceptors (Lipinski definition) is 2. The van der Waals surface area contributed by atoms with Crippen molar-refractivity contribution in [1.29, 1.82) is 0 Å². The predicted octanol–water partition coefficient (Wildman–Crippen LogP) is 1.13. The van der Waals surface area contributed by atoms with Gasteiger partial charge in [-0.15, -0.1) is 0 Å². The maximum atomic E-state index is 11.7. The highest BCUT2D eigenvalue weighted by Crippen LogP contribution is 2.08. The number of carbonyl (C=O) groups is 1. The molecule has 4 heteroatoms. The molecule has 0 spiro atoms. The molecule has 0 aromatic carbocycles. The lowest BCUT2D eigenvalue weighted by atomic mass is 10.1. The lowest BCUT2D eigenvalue weighted by Crippen LogP contribution is -2.42. The molecule has 1 aliphatic heterocycles. The van der Waals surface area contributed by atoms with E-state index in [0.29, 0.717) is 6.04 Å². The molecule has 4 nitrogen and oxygen atoms in total. The maximum Gasteiger partial charge on any atom is 0.319 e. The average Bonchev–Trinajstić information content (AvgIpc) is 2.51. The number of hydrogen-bond donors (Lipinski definition) is 1. The monoisotopic (exact) mass is 213 g/mol. The van der Waals surface area contributed by atoms with E-state index in [4.69, 9.17) is 0 Å². The van der Waals surface area contributed by atoms with Crippen molar-refractivity contribution in [1.82, 2.24) is 15.1 Å². The molecular formula is C11H23N3O. The van der Waals surface area contributed by atoms with Crippen molar-refractivity contribution in [2.45, 2.75) is 32.7 Å². The van der Waals surface area contributed by atoms with E-state index in [1.807, 2.05) is 11.9 Å². The summed E-state index contributed by atoms with van der Waals surface area (Å²) < 4.78 is 0. The van der Waals surface area contributed by atoms with E-state index in [2.05, 4.69) is 19.2 Å². The van der Waals surface area contributed by atoms with Gasteiger partial charge in [0, 0.05) is 32.7 Å². The third-order valence-electron chi connectivity index (χ3n) is 2.87. The first-order valence-corrected chi connectivity index (χ1v) is 5.92. The normalized spacial score (nSPS) is 18.7. The highest BCUT2D eigenvalue weighted by atomic mass is 16.2. The van der Waals surface area contributed by atoms with Gasteiger partial charge in [-0.25, -0.2) is 4.79 Å². The summed E-state index contributed by atoms with van der Waals surface area (Å²) in [7, 11) is 1.87. The Morgan fingerprint density at radius 2 is 2.13 bits per heavy atom. The van der Waals surface area contributed by atoms with Gasteiger partial charge in [0.1, 0.15) is 0 Å². The van der Waals surface area contributed by atoms with Gasteiger partial charge in [0.2, 0.25) is 0 Å². The summed E-state index contributed by atoms with van der Waals surface area (Å²) in [5.41, 5.74) is 0. The topological polar surface area (TPSA) is 35.6 Å². The molecule has 1 aliphatic rings. The molecule has 2 amide bonds. The van der Waals surface area contributed by atoms with Gasteiger partial charge >= 0.3 is 6.03 Å². The van der Waals surface area contributed by atoms with Crippen molar-refractivity contribution in [3.8, 4) is 0 Å². The Bertz CT molecular complexity index is 202. The number of amides is 2. The number of likely N-dealkylation sites (N-methyl/N-ethyl adjacent to an activating group) is 2. The molecule has 0 aliphatic carbocycles. The third kappa shape index (κ3) is 3.38. The second kappa shape index (κ2) is 5.95. The molecule has 15 heavy (non-hydrogen) atoms. The van der Waals surface area contributed by atoms with Gasteiger partial charge < -0.3 is 15.1 Å². The van der Waals surface area contributed by atoms with Crippen LogP contribution in [-0.2, 0) is 0 Å². The van der Waals surface area contributed by atoms with Crippen LogP contribution < -0.4 is 5.32 Å². The largest absolute Gasteiger partial charge is 0.326 e. The van der Waals surface area contributed by atoms with E-state index in [1.165, 1.54) is 0 Å². The van der Waals surface area contributed by atoms with Crippen LogP contribution in [0.3, 0.4) is 0 Å². The van der Waals surface area contributed by atoms with Crippen LogP contribution in [0.25, 0.3) is 0 Å². The van der Waals surface area contributed by atoms with Gasteiger partial charge in [-0.2, -0.15) is 0 Å². The fraction of sp³-hybridized carbons (Fsp3) is 0.909. The maximum absolute atomic E-state index is 11.7. The van der Waals surface area contributed by atoms with Crippen LogP contribution in [0.5, 0.6) is 0 Å². The van der Waals surface area contributed by atoms with E-state index in [9.17, 15) is 4.79 Å². The Morgan fingerprint density at radius 3 is 2.60 bits per heavy atom. The lowest BCUT2D eigenvalue weighted by Gasteiger charge is -2.23. The van der Waals surface area contributed by atoms with E-state index in [1.54, 1.807) is 4.90 Å². The van der Waals surface area contributed by atoms with Crippen LogP contribution >= 0.6 is 0 Å². The van der Waals surface area contributed by atoms with E-state index in [0.717, 1.165) is 39.0 Å². The zero-order valence-electron chi connectivity index (χ0n) is 10.1. The first-order chi connectivity index (χ1) is 7.19. The fourth-order valence-electron chi connectivity index (χ4n) is 2.03. The SMILES string of the molecule is CCCC(CN1CCN(C)C1=O)NCC. The summed E-state index contributed by atoms with van der Waals surface area (Å²) in [5.74, 6) is 0. The summed E-state index contributed by atoms with van der Waals surface area (Å²) in [5, 5.41) is 3.43. The summed E-state index contributed by atoms with van der Waals surface area (Å²) >= 11 is 0. The van der Waals surface area contributed by atoms with Crippen LogP contribution in [0.2, 0.25) is 0 Å². The standard InChI is InChI=1S/C11H23N3O/c1-4-6-10(12-5-2)9-14-8-7-13(3)11(14)15/h10,12H,4-9H2,1-3H3. The molecular weight excluding hydrogens is 190 g/mol. The van der Waals surface area contributed by atoms with Gasteiger partial charge in [-0.05, 0) is 13.0 Å². The number of carbonyl (C=O) groups excluding carboxylic acids is 1. The minimum atomic E-state index is 0.175. The molecule has 1 heterocycles. The Kier molecular flexibility index (Phi) is 4.88. The Balaban J connectivity index is 2.40. The van der Waals surface area contributed by atoms with Crippen molar-refractivity contribution in [2.75, 3.05) is 33.2 Å². The summed E-state index contributed by atoms with van der Waals surface area (Å²) in [6.07, 6.45) is 2.30. The summed E-state index contributed by atoms with van der Waals surface area (Å²) in [6, 6.07) is 0.629. The second-order valence-corrected chi connectivity index (χ2v) is 4.19. The minimum Gasteiger partial charge on any atom is -0.326 e. The molecule has 1 fully saturated rings. The zero-order chi connectivity index (χ0) is 11.3. The van der Waals surface area contributed by atoms with Gasteiger partial charge in [-0.1, -0.05) is 20.3 Å². The number of rotatable bonds is 6. The van der Waals surface area contributed by atoms with Crippen molar-refractivity contribution < 1.29 is 4.79 Å². The number of nitrogens with one attached hydrogen (secondary N) is 1. The second-order valence-electron chi connectivity index (χ2n) is 4.19. The molecule has 0 aromatic heterocycles. The van der Waals surface area contributed by atoms with E-state index < -0.39 is 0 Å².